The maximum absolute atomic E-state index is 9.98. The number of aliphatic hydroxyl groups is 2. The number of ether oxygens (including phenoxy) is 1. The minimum Gasteiger partial charge on any atom is -0.393 e. The Hall–Kier alpha value is -0.160. The molecule has 4 nitrogen and oxygen atoms in total. The zero-order valence-electron chi connectivity index (χ0n) is 10.3. The lowest BCUT2D eigenvalue weighted by molar-refractivity contribution is -0.167. The van der Waals surface area contributed by atoms with E-state index >= 15 is 0 Å². The summed E-state index contributed by atoms with van der Waals surface area (Å²) in [6.07, 6.45) is 0.746. The summed E-state index contributed by atoms with van der Waals surface area (Å²) in [4.78, 5) is 2.00. The van der Waals surface area contributed by atoms with Gasteiger partial charge in [-0.25, -0.2) is 0 Å². The molecule has 2 heterocycles. The molecule has 2 N–H and O–H groups in total. The Morgan fingerprint density at radius 2 is 1.75 bits per heavy atom. The predicted octanol–water partition coefficient (Wildman–Crippen LogP) is 0.778. The number of nitrogens with zero attached hydrogens (tertiary/aromatic N) is 1. The van der Waals surface area contributed by atoms with Crippen LogP contribution in [0.4, 0.5) is 0 Å². The lowest BCUT2D eigenvalue weighted by Crippen LogP contribution is -2.53. The van der Waals surface area contributed by atoms with Crippen molar-refractivity contribution in [3.8, 4) is 0 Å². The molecular weight excluding hydrogens is 206 g/mol. The molecule has 0 bridgehead atoms. The van der Waals surface area contributed by atoms with Gasteiger partial charge in [0.1, 0.15) is 12.5 Å². The second kappa shape index (κ2) is 4.61. The van der Waals surface area contributed by atoms with Gasteiger partial charge in [0.05, 0.1) is 12.2 Å². The molecule has 2 rings (SSSR count). The summed E-state index contributed by atoms with van der Waals surface area (Å²) in [6, 6.07) is 0. The molecule has 0 saturated carbocycles. The third kappa shape index (κ3) is 2.25. The van der Waals surface area contributed by atoms with Gasteiger partial charge in [0.25, 0.3) is 0 Å². The summed E-state index contributed by atoms with van der Waals surface area (Å²) in [6.45, 7) is 7.00. The molecule has 0 aromatic carbocycles. The van der Waals surface area contributed by atoms with Crippen molar-refractivity contribution in [1.82, 2.24) is 4.90 Å². The highest BCUT2D eigenvalue weighted by Crippen LogP contribution is 2.32. The van der Waals surface area contributed by atoms with Crippen molar-refractivity contribution in [2.24, 2.45) is 11.8 Å². The van der Waals surface area contributed by atoms with Crippen molar-refractivity contribution < 1.29 is 14.9 Å². The molecule has 0 spiro atoms. The number of likely N-dealkylation sites (tertiary alicyclic amines) is 1. The average Bonchev–Trinajstić information content (AvgIpc) is 2.53. The standard InChI is InChI=1S/C12H23NO3/c1-7-4-12(16-9(7)3)13-6-8(2)10(14)5-11(13)15/h7-12,14-15H,4-6H2,1-3H3. The molecule has 6 atom stereocenters. The van der Waals surface area contributed by atoms with E-state index in [1.165, 1.54) is 0 Å². The molecule has 16 heavy (non-hydrogen) atoms. The van der Waals surface area contributed by atoms with Crippen LogP contribution in [0, 0.1) is 11.8 Å². The third-order valence-corrected chi connectivity index (χ3v) is 4.11. The average molecular weight is 229 g/mol. The highest BCUT2D eigenvalue weighted by molar-refractivity contribution is 4.85. The first-order chi connectivity index (χ1) is 7.49. The summed E-state index contributed by atoms with van der Waals surface area (Å²) in [5.41, 5.74) is 0. The third-order valence-electron chi connectivity index (χ3n) is 4.11. The first-order valence-corrected chi connectivity index (χ1v) is 6.26. The molecule has 4 heteroatoms. The van der Waals surface area contributed by atoms with Gasteiger partial charge in [0.2, 0.25) is 0 Å². The fourth-order valence-electron chi connectivity index (χ4n) is 2.63. The van der Waals surface area contributed by atoms with Gasteiger partial charge < -0.3 is 14.9 Å². The molecule has 0 aromatic heterocycles. The van der Waals surface area contributed by atoms with E-state index in [1.807, 2.05) is 11.8 Å². The van der Waals surface area contributed by atoms with E-state index in [4.69, 9.17) is 4.74 Å². The van der Waals surface area contributed by atoms with E-state index in [0.717, 1.165) is 6.42 Å². The largest absolute Gasteiger partial charge is 0.393 e. The summed E-state index contributed by atoms with van der Waals surface area (Å²) >= 11 is 0. The van der Waals surface area contributed by atoms with E-state index in [0.29, 0.717) is 18.9 Å². The van der Waals surface area contributed by atoms with Crippen molar-refractivity contribution in [2.45, 2.75) is 58.3 Å². The van der Waals surface area contributed by atoms with Gasteiger partial charge in [0.15, 0.2) is 0 Å². The summed E-state index contributed by atoms with van der Waals surface area (Å²) in [5.74, 6) is 0.748. The van der Waals surface area contributed by atoms with Gasteiger partial charge >= 0.3 is 0 Å². The minimum absolute atomic E-state index is 0.0231. The van der Waals surface area contributed by atoms with Gasteiger partial charge in [-0.15, -0.1) is 0 Å². The van der Waals surface area contributed by atoms with Crippen molar-refractivity contribution in [1.29, 1.82) is 0 Å². The van der Waals surface area contributed by atoms with Crippen LogP contribution in [-0.2, 0) is 4.74 Å². The van der Waals surface area contributed by atoms with Crippen LogP contribution in [0.2, 0.25) is 0 Å². The van der Waals surface area contributed by atoms with Crippen molar-refractivity contribution in [3.05, 3.63) is 0 Å². The van der Waals surface area contributed by atoms with Gasteiger partial charge in [-0.2, -0.15) is 0 Å². The quantitative estimate of drug-likeness (QED) is 0.697. The number of aliphatic hydroxyl groups excluding tert-OH is 2. The fourth-order valence-corrected chi connectivity index (χ4v) is 2.63. The van der Waals surface area contributed by atoms with Crippen LogP contribution in [0.5, 0.6) is 0 Å². The zero-order chi connectivity index (χ0) is 11.9. The van der Waals surface area contributed by atoms with Crippen molar-refractivity contribution >= 4 is 0 Å². The summed E-state index contributed by atoms with van der Waals surface area (Å²) < 4.78 is 5.85. The zero-order valence-corrected chi connectivity index (χ0v) is 10.3. The van der Waals surface area contributed by atoms with Gasteiger partial charge in [0, 0.05) is 13.0 Å². The predicted molar refractivity (Wildman–Crippen MR) is 60.6 cm³/mol. The Labute approximate surface area is 97.2 Å². The van der Waals surface area contributed by atoms with Gasteiger partial charge in [-0.1, -0.05) is 13.8 Å². The molecule has 2 aliphatic heterocycles. The highest BCUT2D eigenvalue weighted by atomic mass is 16.5. The summed E-state index contributed by atoms with van der Waals surface area (Å²) in [7, 11) is 0. The summed E-state index contributed by atoms with van der Waals surface area (Å²) in [5, 5.41) is 19.7. The van der Waals surface area contributed by atoms with Crippen LogP contribution in [0.1, 0.15) is 33.6 Å². The van der Waals surface area contributed by atoms with Crippen molar-refractivity contribution in [2.75, 3.05) is 6.54 Å². The second-order valence-corrected chi connectivity index (χ2v) is 5.47. The van der Waals surface area contributed by atoms with E-state index in [9.17, 15) is 10.2 Å². The number of hydrogen-bond donors (Lipinski definition) is 2. The van der Waals surface area contributed by atoms with E-state index < -0.39 is 6.23 Å². The number of hydrogen-bond acceptors (Lipinski definition) is 4. The van der Waals surface area contributed by atoms with Crippen molar-refractivity contribution in [3.63, 3.8) is 0 Å². The van der Waals surface area contributed by atoms with Crippen LogP contribution in [0.15, 0.2) is 0 Å². The lowest BCUT2D eigenvalue weighted by Gasteiger charge is -2.41. The Kier molecular flexibility index (Phi) is 3.54. The molecular formula is C12H23NO3. The Morgan fingerprint density at radius 3 is 2.31 bits per heavy atom. The maximum atomic E-state index is 9.98. The Morgan fingerprint density at radius 1 is 1.06 bits per heavy atom. The molecule has 0 aliphatic carbocycles. The first-order valence-electron chi connectivity index (χ1n) is 6.26. The Balaban J connectivity index is 1.99. The van der Waals surface area contributed by atoms with Crippen LogP contribution >= 0.6 is 0 Å². The SMILES string of the molecule is CC1CN(C2CC(C)C(C)O2)C(O)CC1O. The molecule has 0 amide bonds. The van der Waals surface area contributed by atoms with Crippen LogP contribution in [0.3, 0.4) is 0 Å². The van der Waals surface area contributed by atoms with Crippen LogP contribution in [-0.4, -0.2) is 46.3 Å². The van der Waals surface area contributed by atoms with E-state index in [1.54, 1.807) is 0 Å². The molecule has 2 fully saturated rings. The van der Waals surface area contributed by atoms with Crippen LogP contribution in [0.25, 0.3) is 0 Å². The molecule has 6 unspecified atom stereocenters. The topological polar surface area (TPSA) is 52.9 Å². The molecule has 2 aliphatic rings. The van der Waals surface area contributed by atoms with Gasteiger partial charge in [-0.05, 0) is 25.2 Å². The molecule has 2 saturated heterocycles. The van der Waals surface area contributed by atoms with Crippen LogP contribution < -0.4 is 0 Å². The Bertz CT molecular complexity index is 238. The van der Waals surface area contributed by atoms with Gasteiger partial charge in [-0.3, -0.25) is 4.90 Å². The fraction of sp³-hybridized carbons (Fsp3) is 1.00. The lowest BCUT2D eigenvalue weighted by atomic mass is 9.94. The first kappa shape index (κ1) is 12.3. The number of piperidine rings is 1. The normalized spacial score (nSPS) is 50.8. The smallest absolute Gasteiger partial charge is 0.113 e. The second-order valence-electron chi connectivity index (χ2n) is 5.47. The molecule has 0 radical (unpaired) electrons. The molecule has 0 aromatic rings. The maximum Gasteiger partial charge on any atom is 0.113 e. The monoisotopic (exact) mass is 229 g/mol. The van der Waals surface area contributed by atoms with E-state index in [-0.39, 0.29) is 24.4 Å². The molecule has 94 valence electrons. The highest BCUT2D eigenvalue weighted by Gasteiger charge is 2.40. The van der Waals surface area contributed by atoms with E-state index in [2.05, 4.69) is 13.8 Å². The minimum atomic E-state index is -0.561. The number of rotatable bonds is 1.